The van der Waals surface area contributed by atoms with Gasteiger partial charge in [-0.1, -0.05) is 28.1 Å². The van der Waals surface area contributed by atoms with E-state index in [1.165, 1.54) is 16.5 Å². The minimum atomic E-state index is 0.736. The Morgan fingerprint density at radius 3 is 2.86 bits per heavy atom. The molecule has 0 bridgehead atoms. The molecule has 2 aromatic carbocycles. The van der Waals surface area contributed by atoms with E-state index in [9.17, 15) is 0 Å². The molecule has 3 rings (SSSR count). The highest BCUT2D eigenvalue weighted by Crippen LogP contribution is 2.21. The van der Waals surface area contributed by atoms with Crippen LogP contribution in [0, 0.1) is 6.92 Å². The third-order valence-electron chi connectivity index (χ3n) is 3.53. The maximum absolute atomic E-state index is 5.80. The fourth-order valence-electron chi connectivity index (χ4n) is 2.50. The van der Waals surface area contributed by atoms with Crippen molar-refractivity contribution in [2.45, 2.75) is 19.9 Å². The van der Waals surface area contributed by atoms with Crippen molar-refractivity contribution in [3.8, 4) is 5.75 Å². The number of ether oxygens (including phenoxy) is 1. The minimum absolute atomic E-state index is 0.736. The predicted molar refractivity (Wildman–Crippen MR) is 90.9 cm³/mol. The summed E-state index contributed by atoms with van der Waals surface area (Å²) in [5.74, 6) is 0.955. The van der Waals surface area contributed by atoms with E-state index in [1.54, 1.807) is 0 Å². The average molecular weight is 344 g/mol. The zero-order chi connectivity index (χ0) is 14.7. The Morgan fingerprint density at radius 1 is 1.10 bits per heavy atom. The number of halogens is 1. The van der Waals surface area contributed by atoms with Crippen LogP contribution in [-0.4, -0.2) is 11.2 Å². The zero-order valence-corrected chi connectivity index (χ0v) is 13.6. The van der Waals surface area contributed by atoms with E-state index in [-0.39, 0.29) is 0 Å². The van der Waals surface area contributed by atoms with Gasteiger partial charge in [-0.25, -0.2) is 0 Å². The third kappa shape index (κ3) is 3.48. The molecule has 108 valence electrons. The summed E-state index contributed by atoms with van der Waals surface area (Å²) in [5, 5.41) is 1.27. The summed E-state index contributed by atoms with van der Waals surface area (Å²) in [7, 11) is 0. The van der Waals surface area contributed by atoms with Crippen LogP contribution in [0.4, 0.5) is 0 Å². The van der Waals surface area contributed by atoms with Crippen LogP contribution in [0.3, 0.4) is 0 Å². The fraction of sp³-hybridized carbons (Fsp3) is 0.222. The average Bonchev–Trinajstić information content (AvgIpc) is 2.86. The molecule has 0 aliphatic rings. The van der Waals surface area contributed by atoms with E-state index < -0.39 is 0 Å². The molecular formula is C18H18BrNO. The lowest BCUT2D eigenvalue weighted by molar-refractivity contribution is 0.302. The molecule has 0 N–H and O–H groups in total. The third-order valence-corrected chi connectivity index (χ3v) is 4.03. The Kier molecular flexibility index (Phi) is 4.30. The summed E-state index contributed by atoms with van der Waals surface area (Å²) >= 11 is 3.51. The van der Waals surface area contributed by atoms with Gasteiger partial charge in [-0.05, 0) is 55.3 Å². The lowest BCUT2D eigenvalue weighted by Crippen LogP contribution is -2.03. The monoisotopic (exact) mass is 343 g/mol. The molecule has 1 heterocycles. The van der Waals surface area contributed by atoms with Crippen LogP contribution in [0.25, 0.3) is 10.9 Å². The summed E-state index contributed by atoms with van der Waals surface area (Å²) in [5.41, 5.74) is 2.50. The second-order valence-electron chi connectivity index (χ2n) is 5.23. The first kappa shape index (κ1) is 14.2. The molecule has 0 fully saturated rings. The minimum Gasteiger partial charge on any atom is -0.494 e. The van der Waals surface area contributed by atoms with Crippen LogP contribution in [0.1, 0.15) is 12.0 Å². The maximum Gasteiger partial charge on any atom is 0.119 e. The zero-order valence-electron chi connectivity index (χ0n) is 12.1. The molecule has 0 aliphatic carbocycles. The van der Waals surface area contributed by atoms with Crippen molar-refractivity contribution in [2.75, 3.05) is 6.61 Å². The summed E-state index contributed by atoms with van der Waals surface area (Å²) in [6.07, 6.45) is 3.14. The lowest BCUT2D eigenvalue weighted by atomic mass is 10.2. The van der Waals surface area contributed by atoms with Gasteiger partial charge in [0.15, 0.2) is 0 Å². The van der Waals surface area contributed by atoms with Gasteiger partial charge in [0.1, 0.15) is 5.75 Å². The van der Waals surface area contributed by atoms with Gasteiger partial charge >= 0.3 is 0 Å². The van der Waals surface area contributed by atoms with E-state index in [4.69, 9.17) is 4.74 Å². The van der Waals surface area contributed by atoms with Crippen LogP contribution in [0.5, 0.6) is 5.75 Å². The highest BCUT2D eigenvalue weighted by molar-refractivity contribution is 9.10. The van der Waals surface area contributed by atoms with Crippen molar-refractivity contribution < 1.29 is 4.74 Å². The van der Waals surface area contributed by atoms with Gasteiger partial charge in [0.2, 0.25) is 0 Å². The number of nitrogens with zero attached hydrogens (tertiary/aromatic N) is 1. The van der Waals surface area contributed by atoms with Crippen LogP contribution < -0.4 is 4.74 Å². The van der Waals surface area contributed by atoms with Crippen molar-refractivity contribution in [1.29, 1.82) is 0 Å². The van der Waals surface area contributed by atoms with Crippen LogP contribution >= 0.6 is 15.9 Å². The van der Waals surface area contributed by atoms with Gasteiger partial charge in [0.05, 0.1) is 6.61 Å². The van der Waals surface area contributed by atoms with E-state index in [2.05, 4.69) is 70.0 Å². The fourth-order valence-corrected chi connectivity index (χ4v) is 2.87. The topological polar surface area (TPSA) is 14.2 Å². The molecule has 0 saturated carbocycles. The molecule has 0 aliphatic heterocycles. The molecule has 0 atom stereocenters. The van der Waals surface area contributed by atoms with Gasteiger partial charge in [-0.15, -0.1) is 0 Å². The van der Waals surface area contributed by atoms with Gasteiger partial charge < -0.3 is 9.30 Å². The smallest absolute Gasteiger partial charge is 0.119 e. The first-order valence-corrected chi connectivity index (χ1v) is 7.95. The molecule has 0 radical (unpaired) electrons. The molecule has 0 amide bonds. The van der Waals surface area contributed by atoms with Crippen LogP contribution in [0.15, 0.2) is 59.2 Å². The summed E-state index contributed by atoms with van der Waals surface area (Å²) in [6, 6.07) is 16.7. The molecule has 0 unspecified atom stereocenters. The molecule has 2 nitrogen and oxygen atoms in total. The van der Waals surface area contributed by atoms with Crippen molar-refractivity contribution in [2.24, 2.45) is 0 Å². The Hall–Kier alpha value is -1.74. The molecule has 21 heavy (non-hydrogen) atoms. The van der Waals surface area contributed by atoms with Crippen molar-refractivity contribution in [3.05, 3.63) is 64.8 Å². The Bertz CT molecular complexity index is 748. The first-order valence-electron chi connectivity index (χ1n) is 7.16. The van der Waals surface area contributed by atoms with Gasteiger partial charge in [0, 0.05) is 28.1 Å². The van der Waals surface area contributed by atoms with Crippen molar-refractivity contribution in [3.63, 3.8) is 0 Å². The quantitative estimate of drug-likeness (QED) is 0.582. The van der Waals surface area contributed by atoms with Gasteiger partial charge in [0.25, 0.3) is 0 Å². The Morgan fingerprint density at radius 2 is 2.00 bits per heavy atom. The van der Waals surface area contributed by atoms with Gasteiger partial charge in [-0.2, -0.15) is 0 Å². The molecule has 0 saturated heterocycles. The van der Waals surface area contributed by atoms with Crippen LogP contribution in [0.2, 0.25) is 0 Å². The standard InChI is InChI=1S/C18H18BrNO/c1-14-4-2-5-17(12-14)21-11-3-9-20-10-8-15-13-16(19)6-7-18(15)20/h2,4-8,10,12-13H,3,9,11H2,1H3. The second kappa shape index (κ2) is 6.35. The van der Waals surface area contributed by atoms with Gasteiger partial charge in [-0.3, -0.25) is 0 Å². The SMILES string of the molecule is Cc1cccc(OCCCn2ccc3cc(Br)ccc32)c1. The number of hydrogen-bond donors (Lipinski definition) is 0. The van der Waals surface area contributed by atoms with Crippen molar-refractivity contribution >= 4 is 26.8 Å². The number of fused-ring (bicyclic) bond motifs is 1. The largest absolute Gasteiger partial charge is 0.494 e. The van der Waals surface area contributed by atoms with E-state index in [0.29, 0.717) is 0 Å². The molecule has 1 aromatic heterocycles. The highest BCUT2D eigenvalue weighted by atomic mass is 79.9. The predicted octanol–water partition coefficient (Wildman–Crippen LogP) is 5.18. The second-order valence-corrected chi connectivity index (χ2v) is 6.15. The van der Waals surface area contributed by atoms with Crippen LogP contribution in [-0.2, 0) is 6.54 Å². The number of aryl methyl sites for hydroxylation is 2. The normalized spacial score (nSPS) is 11.0. The summed E-state index contributed by atoms with van der Waals surface area (Å²) < 4.78 is 9.20. The van der Waals surface area contributed by atoms with E-state index in [1.807, 2.05) is 12.1 Å². The molecule has 0 spiro atoms. The number of rotatable bonds is 5. The highest BCUT2D eigenvalue weighted by Gasteiger charge is 2.01. The Labute approximate surface area is 133 Å². The van der Waals surface area contributed by atoms with E-state index in [0.717, 1.165) is 29.8 Å². The maximum atomic E-state index is 5.80. The molecule has 3 aromatic rings. The molecule has 3 heteroatoms. The summed E-state index contributed by atoms with van der Waals surface area (Å²) in [6.45, 7) is 3.79. The number of benzene rings is 2. The number of hydrogen-bond acceptors (Lipinski definition) is 1. The van der Waals surface area contributed by atoms with Crippen molar-refractivity contribution in [1.82, 2.24) is 4.57 Å². The first-order chi connectivity index (χ1) is 10.2. The summed E-state index contributed by atoms with van der Waals surface area (Å²) in [4.78, 5) is 0. The molecular weight excluding hydrogens is 326 g/mol. The number of aromatic nitrogens is 1. The lowest BCUT2D eigenvalue weighted by Gasteiger charge is -2.08. The van der Waals surface area contributed by atoms with E-state index >= 15 is 0 Å². The Balaban J connectivity index is 1.57.